The van der Waals surface area contributed by atoms with Gasteiger partial charge in [0.25, 0.3) is 0 Å². The molecule has 21 heavy (non-hydrogen) atoms. The molecule has 112 valence electrons. The Balaban J connectivity index is 1.90. The van der Waals surface area contributed by atoms with Gasteiger partial charge in [0.05, 0.1) is 7.11 Å². The predicted octanol–water partition coefficient (Wildman–Crippen LogP) is 2.06. The van der Waals surface area contributed by atoms with E-state index in [2.05, 4.69) is 10.5 Å². The van der Waals surface area contributed by atoms with Crippen LogP contribution in [0.25, 0.3) is 11.3 Å². The van der Waals surface area contributed by atoms with Gasteiger partial charge < -0.3 is 25.0 Å². The number of nitrogens with zero attached hydrogens (tertiary/aromatic N) is 1. The summed E-state index contributed by atoms with van der Waals surface area (Å²) in [4.78, 5) is 0. The first-order chi connectivity index (χ1) is 10.3. The van der Waals surface area contributed by atoms with Crippen molar-refractivity contribution in [1.29, 1.82) is 0 Å². The van der Waals surface area contributed by atoms with Crippen LogP contribution in [0.5, 0.6) is 11.5 Å². The highest BCUT2D eigenvalue weighted by molar-refractivity contribution is 5.72. The molecule has 2 aromatic rings. The summed E-state index contributed by atoms with van der Waals surface area (Å²) in [5, 5.41) is 7.27. The standard InChI is InChI=1S/C15H19N3O3/c1-19-15-11(12-8-14(16)21-18-12)5-2-6-13(15)20-10-4-3-7-17-9-10/h2,5-6,8,10,17H,3-4,7,9,16H2,1H3. The number of methoxy groups -OCH3 is 1. The lowest BCUT2D eigenvalue weighted by molar-refractivity contribution is 0.161. The fourth-order valence-electron chi connectivity index (χ4n) is 2.54. The highest BCUT2D eigenvalue weighted by atomic mass is 16.5. The number of para-hydroxylation sites is 1. The molecule has 0 spiro atoms. The highest BCUT2D eigenvalue weighted by Gasteiger charge is 2.19. The summed E-state index contributed by atoms with van der Waals surface area (Å²) in [6.45, 7) is 1.90. The average Bonchev–Trinajstić information content (AvgIpc) is 2.94. The summed E-state index contributed by atoms with van der Waals surface area (Å²) in [7, 11) is 1.62. The SMILES string of the molecule is COc1c(OC2CCCNC2)cccc1-c1cc(N)on1. The summed E-state index contributed by atoms with van der Waals surface area (Å²) >= 11 is 0. The van der Waals surface area contributed by atoms with E-state index in [1.165, 1.54) is 0 Å². The zero-order valence-corrected chi connectivity index (χ0v) is 12.0. The van der Waals surface area contributed by atoms with Crippen molar-refractivity contribution in [2.24, 2.45) is 0 Å². The van der Waals surface area contributed by atoms with Gasteiger partial charge >= 0.3 is 0 Å². The van der Waals surface area contributed by atoms with Gasteiger partial charge in [-0.15, -0.1) is 0 Å². The van der Waals surface area contributed by atoms with E-state index in [9.17, 15) is 0 Å². The first-order valence-electron chi connectivity index (χ1n) is 7.05. The zero-order valence-electron chi connectivity index (χ0n) is 12.0. The van der Waals surface area contributed by atoms with E-state index in [1.807, 2.05) is 18.2 Å². The fraction of sp³-hybridized carbons (Fsp3) is 0.400. The molecular weight excluding hydrogens is 270 g/mol. The minimum atomic E-state index is 0.158. The quantitative estimate of drug-likeness (QED) is 0.896. The molecule has 1 fully saturated rings. The number of hydrogen-bond donors (Lipinski definition) is 2. The van der Waals surface area contributed by atoms with Gasteiger partial charge in [0.1, 0.15) is 11.8 Å². The molecule has 6 heteroatoms. The number of nitrogens with one attached hydrogen (secondary N) is 1. The summed E-state index contributed by atoms with van der Waals surface area (Å²) in [5.74, 6) is 1.64. The van der Waals surface area contributed by atoms with Gasteiger partial charge in [-0.1, -0.05) is 11.2 Å². The van der Waals surface area contributed by atoms with E-state index in [-0.39, 0.29) is 12.0 Å². The molecule has 0 saturated carbocycles. The van der Waals surface area contributed by atoms with E-state index in [0.29, 0.717) is 17.2 Å². The third-order valence-corrected chi connectivity index (χ3v) is 3.53. The number of nitrogen functional groups attached to an aromatic ring is 1. The van der Waals surface area contributed by atoms with Crippen LogP contribution < -0.4 is 20.5 Å². The molecule has 1 saturated heterocycles. The van der Waals surface area contributed by atoms with Crippen molar-refractivity contribution >= 4 is 5.88 Å². The third kappa shape index (κ3) is 2.95. The molecule has 2 heterocycles. The monoisotopic (exact) mass is 289 g/mol. The van der Waals surface area contributed by atoms with Gasteiger partial charge in [-0.2, -0.15) is 0 Å². The van der Waals surface area contributed by atoms with Crippen molar-refractivity contribution < 1.29 is 14.0 Å². The van der Waals surface area contributed by atoms with Crippen LogP contribution in [0.3, 0.4) is 0 Å². The first-order valence-corrected chi connectivity index (χ1v) is 7.05. The molecule has 1 aliphatic rings. The van der Waals surface area contributed by atoms with Crippen molar-refractivity contribution in [3.8, 4) is 22.8 Å². The number of ether oxygens (including phenoxy) is 2. The van der Waals surface area contributed by atoms with Crippen molar-refractivity contribution in [3.05, 3.63) is 24.3 Å². The number of rotatable bonds is 4. The molecular formula is C15H19N3O3. The highest BCUT2D eigenvalue weighted by Crippen LogP contribution is 2.38. The summed E-state index contributed by atoms with van der Waals surface area (Å²) in [6.07, 6.45) is 2.31. The smallest absolute Gasteiger partial charge is 0.222 e. The number of nitrogens with two attached hydrogens (primary N) is 1. The number of hydrogen-bond acceptors (Lipinski definition) is 6. The lowest BCUT2D eigenvalue weighted by Gasteiger charge is -2.25. The Labute approximate surface area is 123 Å². The Hall–Kier alpha value is -2.21. The van der Waals surface area contributed by atoms with Crippen LogP contribution in [-0.4, -0.2) is 31.5 Å². The summed E-state index contributed by atoms with van der Waals surface area (Å²) < 4.78 is 16.5. The molecule has 1 aromatic heterocycles. The Morgan fingerprint density at radius 2 is 2.33 bits per heavy atom. The number of benzene rings is 1. The number of anilines is 1. The molecule has 0 bridgehead atoms. The normalized spacial score (nSPS) is 18.4. The van der Waals surface area contributed by atoms with Gasteiger partial charge in [-0.3, -0.25) is 0 Å². The minimum Gasteiger partial charge on any atom is -0.492 e. The van der Waals surface area contributed by atoms with Crippen LogP contribution in [0.15, 0.2) is 28.8 Å². The van der Waals surface area contributed by atoms with Crippen LogP contribution in [-0.2, 0) is 0 Å². The Morgan fingerprint density at radius 3 is 3.00 bits per heavy atom. The lowest BCUT2D eigenvalue weighted by atomic mass is 10.1. The van der Waals surface area contributed by atoms with Gasteiger partial charge in [0.2, 0.25) is 5.88 Å². The van der Waals surface area contributed by atoms with Crippen LogP contribution in [0.1, 0.15) is 12.8 Å². The average molecular weight is 289 g/mol. The molecule has 1 atom stereocenters. The summed E-state index contributed by atoms with van der Waals surface area (Å²) in [6, 6.07) is 7.39. The van der Waals surface area contributed by atoms with Crippen molar-refractivity contribution in [1.82, 2.24) is 10.5 Å². The second-order valence-corrected chi connectivity index (χ2v) is 5.04. The molecule has 1 aromatic carbocycles. The molecule has 1 unspecified atom stereocenters. The maximum Gasteiger partial charge on any atom is 0.222 e. The second kappa shape index (κ2) is 6.05. The lowest BCUT2D eigenvalue weighted by Crippen LogP contribution is -2.37. The van der Waals surface area contributed by atoms with E-state index < -0.39 is 0 Å². The van der Waals surface area contributed by atoms with Crippen molar-refractivity contribution in [2.45, 2.75) is 18.9 Å². The zero-order chi connectivity index (χ0) is 14.7. The van der Waals surface area contributed by atoms with E-state index >= 15 is 0 Å². The largest absolute Gasteiger partial charge is 0.492 e. The van der Waals surface area contributed by atoms with Crippen LogP contribution in [0, 0.1) is 0 Å². The first kappa shape index (κ1) is 13.8. The van der Waals surface area contributed by atoms with Gasteiger partial charge in [-0.05, 0) is 31.5 Å². The van der Waals surface area contributed by atoms with Crippen LogP contribution in [0.4, 0.5) is 5.88 Å². The van der Waals surface area contributed by atoms with E-state index in [0.717, 1.165) is 31.5 Å². The topological polar surface area (TPSA) is 82.5 Å². The number of aromatic nitrogens is 1. The number of piperidine rings is 1. The molecule has 6 nitrogen and oxygen atoms in total. The second-order valence-electron chi connectivity index (χ2n) is 5.04. The maximum absolute atomic E-state index is 6.07. The Bertz CT molecular complexity index is 606. The van der Waals surface area contributed by atoms with Crippen LogP contribution in [0.2, 0.25) is 0 Å². The Kier molecular flexibility index (Phi) is 3.96. The fourth-order valence-corrected chi connectivity index (χ4v) is 2.54. The molecule has 0 radical (unpaired) electrons. The predicted molar refractivity (Wildman–Crippen MR) is 79.4 cm³/mol. The van der Waals surface area contributed by atoms with Crippen molar-refractivity contribution in [2.75, 3.05) is 25.9 Å². The van der Waals surface area contributed by atoms with Crippen LogP contribution >= 0.6 is 0 Å². The van der Waals surface area contributed by atoms with Gasteiger partial charge in [0, 0.05) is 18.2 Å². The third-order valence-electron chi connectivity index (χ3n) is 3.53. The summed E-state index contributed by atoms with van der Waals surface area (Å²) in [5.41, 5.74) is 7.03. The minimum absolute atomic E-state index is 0.158. The molecule has 0 amide bonds. The maximum atomic E-state index is 6.07. The van der Waals surface area contributed by atoms with Gasteiger partial charge in [0.15, 0.2) is 11.5 Å². The molecule has 3 rings (SSSR count). The Morgan fingerprint density at radius 1 is 1.43 bits per heavy atom. The van der Waals surface area contributed by atoms with Crippen molar-refractivity contribution in [3.63, 3.8) is 0 Å². The van der Waals surface area contributed by atoms with Gasteiger partial charge in [-0.25, -0.2) is 0 Å². The molecule has 0 aliphatic carbocycles. The van der Waals surface area contributed by atoms with E-state index in [1.54, 1.807) is 13.2 Å². The molecule has 1 aliphatic heterocycles. The van der Waals surface area contributed by atoms with E-state index in [4.69, 9.17) is 19.7 Å². The molecule has 3 N–H and O–H groups in total.